The molecule has 3 unspecified atom stereocenters. The van der Waals surface area contributed by atoms with E-state index in [-0.39, 0.29) is 0 Å². The molecular weight excluding hydrogens is 296 g/mol. The second-order valence-corrected chi connectivity index (χ2v) is 4.26. The van der Waals surface area contributed by atoms with Crippen molar-refractivity contribution in [1.29, 1.82) is 0 Å². The Kier molecular flexibility index (Phi) is 3.55. The molecule has 21 heavy (non-hydrogen) atoms. The third-order valence-electron chi connectivity index (χ3n) is 2.98. The fourth-order valence-corrected chi connectivity index (χ4v) is 1.94. The minimum absolute atomic E-state index is 0.314. The Morgan fingerprint density at radius 2 is 2.24 bits per heavy atom. The van der Waals surface area contributed by atoms with Gasteiger partial charge in [-0.2, -0.15) is 8.78 Å². The first-order chi connectivity index (χ1) is 9.78. The molecule has 0 amide bonds. The van der Waals surface area contributed by atoms with Crippen LogP contribution in [0.4, 0.5) is 8.78 Å². The van der Waals surface area contributed by atoms with Crippen molar-refractivity contribution in [3.05, 3.63) is 43.5 Å². The molecule has 114 valence electrons. The number of nitrogens with one attached hydrogen (secondary N) is 1. The molecule has 12 heteroatoms. The number of halogens is 2. The predicted molar refractivity (Wildman–Crippen MR) is 61.4 cm³/mol. The van der Waals surface area contributed by atoms with Crippen LogP contribution in [0.25, 0.3) is 10.4 Å². The summed E-state index contributed by atoms with van der Waals surface area (Å²) in [6.07, 6.45) is -4.32. The number of hydrogen-bond acceptors (Lipinski definition) is 6. The van der Waals surface area contributed by atoms with E-state index < -0.39 is 41.8 Å². The number of aromatic amines is 1. The average molecular weight is 305 g/mol. The van der Waals surface area contributed by atoms with E-state index in [0.717, 1.165) is 12.3 Å². The molecule has 0 saturated carbocycles. The van der Waals surface area contributed by atoms with E-state index in [0.29, 0.717) is 4.57 Å². The lowest BCUT2D eigenvalue weighted by atomic mass is 10.1. The van der Waals surface area contributed by atoms with Crippen LogP contribution in [0.5, 0.6) is 0 Å². The van der Waals surface area contributed by atoms with Crippen molar-refractivity contribution in [3.63, 3.8) is 0 Å². The van der Waals surface area contributed by atoms with Gasteiger partial charge in [-0.3, -0.25) is 14.3 Å². The van der Waals surface area contributed by atoms with Gasteiger partial charge in [0, 0.05) is 17.2 Å². The molecule has 0 bridgehead atoms. The van der Waals surface area contributed by atoms with E-state index in [2.05, 4.69) is 10.0 Å². The molecule has 1 fully saturated rings. The molecule has 1 saturated heterocycles. The highest BCUT2D eigenvalue weighted by Gasteiger charge is 2.67. The van der Waals surface area contributed by atoms with Crippen LogP contribution in [0.1, 0.15) is 6.23 Å². The van der Waals surface area contributed by atoms with Gasteiger partial charge in [0.15, 0.2) is 6.10 Å². The zero-order valence-corrected chi connectivity index (χ0v) is 10.2. The van der Waals surface area contributed by atoms with E-state index in [4.69, 9.17) is 15.4 Å². The SMILES string of the molecule is [N-]=[N+]=NC1(CO)OC(n2ccc(=O)[nH]c2=O)C(F)(F)C1O. The van der Waals surface area contributed by atoms with Crippen molar-refractivity contribution >= 4 is 0 Å². The summed E-state index contributed by atoms with van der Waals surface area (Å²) in [5.74, 6) is -4.06. The summed E-state index contributed by atoms with van der Waals surface area (Å²) >= 11 is 0. The van der Waals surface area contributed by atoms with Gasteiger partial charge in [-0.15, -0.1) is 0 Å². The Bertz CT molecular complexity index is 711. The highest BCUT2D eigenvalue weighted by Crippen LogP contribution is 2.48. The van der Waals surface area contributed by atoms with Gasteiger partial charge in [0.1, 0.15) is 0 Å². The Hall–Kier alpha value is -2.27. The van der Waals surface area contributed by atoms with Crippen LogP contribution in [-0.4, -0.2) is 44.1 Å². The number of aromatic nitrogens is 2. The van der Waals surface area contributed by atoms with Crippen molar-refractivity contribution in [2.24, 2.45) is 5.11 Å². The number of H-pyrrole nitrogens is 1. The third kappa shape index (κ3) is 2.19. The Morgan fingerprint density at radius 3 is 2.76 bits per heavy atom. The lowest BCUT2D eigenvalue weighted by molar-refractivity contribution is -0.144. The molecule has 0 aromatic carbocycles. The minimum Gasteiger partial charge on any atom is -0.393 e. The topological polar surface area (TPSA) is 153 Å². The minimum atomic E-state index is -4.06. The number of alkyl halides is 2. The third-order valence-corrected chi connectivity index (χ3v) is 2.98. The lowest BCUT2D eigenvalue weighted by Crippen LogP contribution is -2.47. The Labute approximate surface area is 113 Å². The summed E-state index contributed by atoms with van der Waals surface area (Å²) < 4.78 is 33.2. The molecule has 3 N–H and O–H groups in total. The quantitative estimate of drug-likeness (QED) is 0.373. The molecule has 0 aliphatic carbocycles. The zero-order chi connectivity index (χ0) is 15.8. The molecule has 3 atom stereocenters. The van der Waals surface area contributed by atoms with Crippen molar-refractivity contribution in [2.75, 3.05) is 6.61 Å². The largest absolute Gasteiger partial charge is 0.393 e. The number of azide groups is 1. The molecule has 1 aromatic rings. The Morgan fingerprint density at radius 1 is 1.57 bits per heavy atom. The lowest BCUT2D eigenvalue weighted by Gasteiger charge is -2.23. The number of aliphatic hydroxyl groups is 2. The monoisotopic (exact) mass is 305 g/mol. The summed E-state index contributed by atoms with van der Waals surface area (Å²) in [4.78, 5) is 26.4. The van der Waals surface area contributed by atoms with Crippen LogP contribution in [0.3, 0.4) is 0 Å². The maximum atomic E-state index is 14.1. The van der Waals surface area contributed by atoms with E-state index in [1.54, 1.807) is 4.98 Å². The van der Waals surface area contributed by atoms with Crippen LogP contribution in [0, 0.1) is 0 Å². The maximum absolute atomic E-state index is 14.1. The number of rotatable bonds is 3. The first-order valence-corrected chi connectivity index (χ1v) is 5.51. The standard InChI is InChI=1S/C9H9F2N5O5/c10-9(11)5(19)8(3-17,14-15-12)21-6(9)16-2-1-4(18)13-7(16)20/h1-2,5-6,17,19H,3H2,(H,13,18,20). The predicted octanol–water partition coefficient (Wildman–Crippen LogP) is -0.939. The van der Waals surface area contributed by atoms with Gasteiger partial charge in [0.2, 0.25) is 12.0 Å². The van der Waals surface area contributed by atoms with Crippen molar-refractivity contribution in [2.45, 2.75) is 24.0 Å². The molecule has 0 spiro atoms. The highest BCUT2D eigenvalue weighted by atomic mass is 19.3. The van der Waals surface area contributed by atoms with Gasteiger partial charge >= 0.3 is 11.6 Å². The van der Waals surface area contributed by atoms with Gasteiger partial charge in [-0.1, -0.05) is 5.11 Å². The van der Waals surface area contributed by atoms with Crippen molar-refractivity contribution in [1.82, 2.24) is 9.55 Å². The van der Waals surface area contributed by atoms with E-state index in [1.807, 2.05) is 0 Å². The molecule has 10 nitrogen and oxygen atoms in total. The average Bonchev–Trinajstić information content (AvgIpc) is 2.61. The molecule has 0 radical (unpaired) electrons. The molecule has 2 heterocycles. The zero-order valence-electron chi connectivity index (χ0n) is 10.2. The van der Waals surface area contributed by atoms with Crippen LogP contribution >= 0.6 is 0 Å². The van der Waals surface area contributed by atoms with Crippen LogP contribution in [0.15, 0.2) is 27.0 Å². The summed E-state index contributed by atoms with van der Waals surface area (Å²) in [5.41, 5.74) is 3.68. The summed E-state index contributed by atoms with van der Waals surface area (Å²) in [6.45, 7) is -1.23. The number of nitrogens with zero attached hydrogens (tertiary/aromatic N) is 4. The van der Waals surface area contributed by atoms with Gasteiger partial charge in [0.25, 0.3) is 5.56 Å². The van der Waals surface area contributed by atoms with Crippen molar-refractivity contribution in [3.8, 4) is 0 Å². The first-order valence-electron chi connectivity index (χ1n) is 5.51. The van der Waals surface area contributed by atoms with Gasteiger partial charge in [-0.05, 0) is 5.53 Å². The van der Waals surface area contributed by atoms with Gasteiger partial charge < -0.3 is 14.9 Å². The summed E-state index contributed by atoms with van der Waals surface area (Å²) in [6, 6.07) is 0.791. The van der Waals surface area contributed by atoms with E-state index in [9.17, 15) is 23.5 Å². The number of aliphatic hydroxyl groups excluding tert-OH is 2. The smallest absolute Gasteiger partial charge is 0.330 e. The highest BCUT2D eigenvalue weighted by molar-refractivity contribution is 5.05. The van der Waals surface area contributed by atoms with Crippen LogP contribution in [0.2, 0.25) is 0 Å². The van der Waals surface area contributed by atoms with Crippen LogP contribution < -0.4 is 11.2 Å². The van der Waals surface area contributed by atoms with Crippen molar-refractivity contribution < 1.29 is 23.7 Å². The van der Waals surface area contributed by atoms with E-state index >= 15 is 0 Å². The molecule has 1 aromatic heterocycles. The van der Waals surface area contributed by atoms with Gasteiger partial charge in [0.05, 0.1) is 6.61 Å². The summed E-state index contributed by atoms with van der Waals surface area (Å²) in [7, 11) is 0. The molecule has 1 aliphatic rings. The fraction of sp³-hybridized carbons (Fsp3) is 0.556. The first kappa shape index (κ1) is 15.1. The second kappa shape index (κ2) is 4.93. The molecule has 1 aliphatic heterocycles. The number of ether oxygens (including phenoxy) is 1. The Balaban J connectivity index is 2.58. The molecule has 2 rings (SSSR count). The van der Waals surface area contributed by atoms with E-state index in [1.165, 1.54) is 0 Å². The number of hydrogen-bond donors (Lipinski definition) is 3. The second-order valence-electron chi connectivity index (χ2n) is 4.26. The maximum Gasteiger partial charge on any atom is 0.330 e. The molecular formula is C9H9F2N5O5. The fourth-order valence-electron chi connectivity index (χ4n) is 1.94. The van der Waals surface area contributed by atoms with Gasteiger partial charge in [-0.25, -0.2) is 4.79 Å². The van der Waals surface area contributed by atoms with Crippen LogP contribution in [-0.2, 0) is 4.74 Å². The normalized spacial score (nSPS) is 30.9. The summed E-state index contributed by atoms with van der Waals surface area (Å²) in [5, 5.41) is 21.6.